The molecular formula is C13H22N4O. The molecule has 1 fully saturated rings. The van der Waals surface area contributed by atoms with Crippen LogP contribution in [-0.4, -0.2) is 40.1 Å². The van der Waals surface area contributed by atoms with E-state index >= 15 is 0 Å². The molecule has 1 amide bonds. The Hall–Kier alpha value is -1.36. The summed E-state index contributed by atoms with van der Waals surface area (Å²) in [5, 5.41) is 6.97. The van der Waals surface area contributed by atoms with Crippen molar-refractivity contribution in [1.29, 1.82) is 0 Å². The summed E-state index contributed by atoms with van der Waals surface area (Å²) < 4.78 is 0. The highest BCUT2D eigenvalue weighted by molar-refractivity contribution is 5.78. The summed E-state index contributed by atoms with van der Waals surface area (Å²) in [6.45, 7) is 5.61. The second-order valence-corrected chi connectivity index (χ2v) is 5.32. The first-order valence-electron chi connectivity index (χ1n) is 6.60. The average Bonchev–Trinajstić information content (AvgIpc) is 2.75. The van der Waals surface area contributed by atoms with E-state index in [1.807, 2.05) is 24.8 Å². The van der Waals surface area contributed by atoms with E-state index < -0.39 is 0 Å². The number of hydrogen-bond acceptors (Lipinski definition) is 3. The summed E-state index contributed by atoms with van der Waals surface area (Å²) in [4.78, 5) is 14.1. The van der Waals surface area contributed by atoms with E-state index in [9.17, 15) is 4.79 Å². The quantitative estimate of drug-likeness (QED) is 0.835. The van der Waals surface area contributed by atoms with Crippen LogP contribution in [0, 0.1) is 12.8 Å². The fraction of sp³-hybridized carbons (Fsp3) is 0.692. The van der Waals surface area contributed by atoms with Gasteiger partial charge in [-0.15, -0.1) is 0 Å². The zero-order valence-corrected chi connectivity index (χ0v) is 11.1. The highest BCUT2D eigenvalue weighted by atomic mass is 16.2. The van der Waals surface area contributed by atoms with Crippen molar-refractivity contribution in [3.05, 3.63) is 17.5 Å². The number of H-pyrrole nitrogens is 1. The monoisotopic (exact) mass is 250 g/mol. The molecule has 2 rings (SSSR count). The number of carbonyl (C=O) groups is 1. The number of rotatable bonds is 3. The zero-order valence-electron chi connectivity index (χ0n) is 11.1. The molecule has 0 aromatic carbocycles. The molecule has 5 nitrogen and oxygen atoms in total. The van der Waals surface area contributed by atoms with Crippen molar-refractivity contribution in [2.75, 3.05) is 13.1 Å². The van der Waals surface area contributed by atoms with Gasteiger partial charge in [0.15, 0.2) is 0 Å². The van der Waals surface area contributed by atoms with Gasteiger partial charge in [0, 0.05) is 24.8 Å². The molecule has 1 aliphatic heterocycles. The van der Waals surface area contributed by atoms with Gasteiger partial charge in [-0.05, 0) is 38.7 Å². The van der Waals surface area contributed by atoms with Gasteiger partial charge in [-0.25, -0.2) is 0 Å². The van der Waals surface area contributed by atoms with E-state index in [-0.39, 0.29) is 11.9 Å². The van der Waals surface area contributed by atoms with Gasteiger partial charge < -0.3 is 10.6 Å². The highest BCUT2D eigenvalue weighted by Crippen LogP contribution is 2.19. The lowest BCUT2D eigenvalue weighted by atomic mass is 9.92. The molecule has 2 heterocycles. The molecular weight excluding hydrogens is 228 g/mol. The van der Waals surface area contributed by atoms with Gasteiger partial charge >= 0.3 is 0 Å². The van der Waals surface area contributed by atoms with Gasteiger partial charge in [-0.2, -0.15) is 5.10 Å². The van der Waals surface area contributed by atoms with Gasteiger partial charge in [-0.1, -0.05) is 0 Å². The number of nitrogens with two attached hydrogens (primary N) is 1. The molecule has 100 valence electrons. The van der Waals surface area contributed by atoms with Crippen LogP contribution in [0.25, 0.3) is 0 Å². The Kier molecular flexibility index (Phi) is 4.01. The Labute approximate surface area is 108 Å². The van der Waals surface area contributed by atoms with Crippen LogP contribution in [0.1, 0.15) is 31.2 Å². The first kappa shape index (κ1) is 13.1. The van der Waals surface area contributed by atoms with Gasteiger partial charge in [0.2, 0.25) is 5.91 Å². The van der Waals surface area contributed by atoms with Crippen molar-refractivity contribution in [1.82, 2.24) is 15.1 Å². The van der Waals surface area contributed by atoms with Crippen LogP contribution >= 0.6 is 0 Å². The lowest BCUT2D eigenvalue weighted by Gasteiger charge is -2.34. The molecule has 1 saturated heterocycles. The molecule has 1 aliphatic rings. The second-order valence-electron chi connectivity index (χ2n) is 5.32. The minimum Gasteiger partial charge on any atom is -0.342 e. The highest BCUT2D eigenvalue weighted by Gasteiger charge is 2.25. The number of piperidine rings is 1. The molecule has 5 heteroatoms. The largest absolute Gasteiger partial charge is 0.342 e. The molecule has 1 aromatic rings. The molecule has 0 bridgehead atoms. The lowest BCUT2D eigenvalue weighted by molar-refractivity contribution is -0.132. The van der Waals surface area contributed by atoms with E-state index in [2.05, 4.69) is 10.2 Å². The number of aryl methyl sites for hydroxylation is 1. The molecule has 1 aromatic heterocycles. The lowest BCUT2D eigenvalue weighted by Crippen LogP contribution is -2.45. The van der Waals surface area contributed by atoms with E-state index in [1.165, 1.54) is 0 Å². The van der Waals surface area contributed by atoms with Crippen molar-refractivity contribution < 1.29 is 4.79 Å². The number of amides is 1. The molecule has 18 heavy (non-hydrogen) atoms. The third-order valence-corrected chi connectivity index (χ3v) is 3.65. The van der Waals surface area contributed by atoms with Gasteiger partial charge in [0.25, 0.3) is 0 Å². The fourth-order valence-corrected chi connectivity index (χ4v) is 2.50. The number of carbonyl (C=O) groups excluding carboxylic acids is 1. The molecule has 0 aliphatic carbocycles. The van der Waals surface area contributed by atoms with Gasteiger partial charge in [-0.3, -0.25) is 9.89 Å². The van der Waals surface area contributed by atoms with Crippen LogP contribution in [0.4, 0.5) is 0 Å². The Bertz CT molecular complexity index is 413. The van der Waals surface area contributed by atoms with Crippen LogP contribution < -0.4 is 5.73 Å². The van der Waals surface area contributed by atoms with Gasteiger partial charge in [0.05, 0.1) is 12.1 Å². The molecule has 3 N–H and O–H groups in total. The molecule has 0 saturated carbocycles. The third-order valence-electron chi connectivity index (χ3n) is 3.65. The summed E-state index contributed by atoms with van der Waals surface area (Å²) in [6.07, 6.45) is 2.57. The maximum absolute atomic E-state index is 12.2. The van der Waals surface area contributed by atoms with Crippen molar-refractivity contribution >= 4 is 5.91 Å². The summed E-state index contributed by atoms with van der Waals surface area (Å²) in [5.41, 5.74) is 7.74. The van der Waals surface area contributed by atoms with Crippen molar-refractivity contribution in [2.24, 2.45) is 11.7 Å². The number of aromatic amines is 1. The van der Waals surface area contributed by atoms with Crippen LogP contribution in [0.3, 0.4) is 0 Å². The zero-order chi connectivity index (χ0) is 13.1. The Morgan fingerprint density at radius 2 is 2.50 bits per heavy atom. The Morgan fingerprint density at radius 1 is 1.72 bits per heavy atom. The predicted molar refractivity (Wildman–Crippen MR) is 70.0 cm³/mol. The first-order chi connectivity index (χ1) is 8.56. The van der Waals surface area contributed by atoms with Crippen LogP contribution in [0.15, 0.2) is 6.07 Å². The average molecular weight is 250 g/mol. The smallest absolute Gasteiger partial charge is 0.228 e. The van der Waals surface area contributed by atoms with Crippen LogP contribution in [0.2, 0.25) is 0 Å². The molecule has 0 unspecified atom stereocenters. The molecule has 2 atom stereocenters. The SMILES string of the molecule is Cc1cc(CC(=O)N2CCC[C@H]([C@H](C)N)C2)n[nH]1. The van der Waals surface area contributed by atoms with E-state index in [4.69, 9.17) is 5.73 Å². The summed E-state index contributed by atoms with van der Waals surface area (Å²) in [7, 11) is 0. The van der Waals surface area contributed by atoms with Gasteiger partial charge in [0.1, 0.15) is 0 Å². The van der Waals surface area contributed by atoms with Crippen LogP contribution in [0.5, 0.6) is 0 Å². The minimum atomic E-state index is 0.159. The predicted octanol–water partition coefficient (Wildman–Crippen LogP) is 0.846. The Balaban J connectivity index is 1.92. The number of hydrogen-bond donors (Lipinski definition) is 2. The van der Waals surface area contributed by atoms with Crippen molar-refractivity contribution in [3.63, 3.8) is 0 Å². The fourth-order valence-electron chi connectivity index (χ4n) is 2.50. The molecule has 0 spiro atoms. The number of likely N-dealkylation sites (tertiary alicyclic amines) is 1. The van der Waals surface area contributed by atoms with Crippen molar-refractivity contribution in [3.8, 4) is 0 Å². The normalized spacial score (nSPS) is 21.9. The van der Waals surface area contributed by atoms with Crippen molar-refractivity contribution in [2.45, 2.75) is 39.2 Å². The minimum absolute atomic E-state index is 0.159. The standard InChI is InChI=1S/C13H22N4O/c1-9-6-12(16-15-9)7-13(18)17-5-3-4-11(8-17)10(2)14/h6,10-11H,3-5,7-8,14H2,1-2H3,(H,15,16)/t10-,11-/m0/s1. The third kappa shape index (κ3) is 3.10. The maximum atomic E-state index is 12.2. The first-order valence-corrected chi connectivity index (χ1v) is 6.60. The Morgan fingerprint density at radius 3 is 3.11 bits per heavy atom. The number of aromatic nitrogens is 2. The second kappa shape index (κ2) is 5.52. The van der Waals surface area contributed by atoms with Crippen LogP contribution in [-0.2, 0) is 11.2 Å². The maximum Gasteiger partial charge on any atom is 0.228 e. The summed E-state index contributed by atoms with van der Waals surface area (Å²) in [6, 6.07) is 2.08. The topological polar surface area (TPSA) is 75.0 Å². The summed E-state index contributed by atoms with van der Waals surface area (Å²) in [5.74, 6) is 0.593. The number of nitrogens with zero attached hydrogens (tertiary/aromatic N) is 2. The van der Waals surface area contributed by atoms with E-state index in [1.54, 1.807) is 0 Å². The number of nitrogens with one attached hydrogen (secondary N) is 1. The van der Waals surface area contributed by atoms with E-state index in [0.29, 0.717) is 12.3 Å². The van der Waals surface area contributed by atoms with E-state index in [0.717, 1.165) is 37.3 Å². The summed E-state index contributed by atoms with van der Waals surface area (Å²) >= 11 is 0. The molecule has 0 radical (unpaired) electrons.